The Balaban J connectivity index is 1.68. The number of benzene rings is 1. The molecule has 1 atom stereocenters. The van der Waals surface area contributed by atoms with Gasteiger partial charge in [-0.1, -0.05) is 32.4 Å². The van der Waals surface area contributed by atoms with Crippen molar-refractivity contribution in [3.05, 3.63) is 47.8 Å². The molecule has 146 valence electrons. The molecule has 0 radical (unpaired) electrons. The van der Waals surface area contributed by atoms with E-state index in [9.17, 15) is 8.42 Å². The van der Waals surface area contributed by atoms with Crippen LogP contribution in [-0.4, -0.2) is 41.9 Å². The lowest BCUT2D eigenvalue weighted by atomic mass is 10.1. The number of sulfonamides is 1. The fraction of sp³-hybridized carbons (Fsp3) is 0.500. The van der Waals surface area contributed by atoms with E-state index in [4.69, 9.17) is 4.74 Å². The van der Waals surface area contributed by atoms with Crippen LogP contribution in [0.2, 0.25) is 0 Å². The Morgan fingerprint density at radius 1 is 1.11 bits per heavy atom. The Kier molecular flexibility index (Phi) is 6.44. The van der Waals surface area contributed by atoms with Crippen LogP contribution in [0.15, 0.2) is 41.6 Å². The van der Waals surface area contributed by atoms with E-state index in [1.54, 1.807) is 24.5 Å². The summed E-state index contributed by atoms with van der Waals surface area (Å²) in [4.78, 5) is 8.77. The van der Waals surface area contributed by atoms with Crippen LogP contribution < -0.4 is 4.74 Å². The van der Waals surface area contributed by atoms with Crippen LogP contribution in [0.25, 0.3) is 0 Å². The summed E-state index contributed by atoms with van der Waals surface area (Å²) in [5.41, 5.74) is 2.20. The summed E-state index contributed by atoms with van der Waals surface area (Å²) < 4.78 is 33.3. The SMILES string of the molecule is CCCc1ccc(S(=O)(=O)N2CCCC(Oc3ncc(CC)cn3)C2)cc1. The number of hydrogen-bond acceptors (Lipinski definition) is 5. The van der Waals surface area contributed by atoms with E-state index in [1.807, 2.05) is 19.1 Å². The van der Waals surface area contributed by atoms with Crippen LogP contribution in [-0.2, 0) is 22.9 Å². The van der Waals surface area contributed by atoms with Gasteiger partial charge in [0.05, 0.1) is 11.4 Å². The number of ether oxygens (including phenoxy) is 1. The zero-order valence-electron chi connectivity index (χ0n) is 16.0. The summed E-state index contributed by atoms with van der Waals surface area (Å²) in [5.74, 6) is 0. The van der Waals surface area contributed by atoms with Crippen molar-refractivity contribution in [3.8, 4) is 6.01 Å². The van der Waals surface area contributed by atoms with Gasteiger partial charge in [-0.2, -0.15) is 4.31 Å². The first-order valence-electron chi connectivity index (χ1n) is 9.59. The first-order chi connectivity index (χ1) is 13.0. The molecule has 6 nitrogen and oxygen atoms in total. The number of nitrogens with zero attached hydrogens (tertiary/aromatic N) is 3. The van der Waals surface area contributed by atoms with Crippen LogP contribution in [0, 0.1) is 0 Å². The van der Waals surface area contributed by atoms with Gasteiger partial charge in [-0.3, -0.25) is 0 Å². The zero-order chi connectivity index (χ0) is 19.3. The van der Waals surface area contributed by atoms with Gasteiger partial charge in [-0.25, -0.2) is 18.4 Å². The quantitative estimate of drug-likeness (QED) is 0.727. The highest BCUT2D eigenvalue weighted by Gasteiger charge is 2.31. The molecule has 2 aromatic rings. The van der Waals surface area contributed by atoms with Crippen molar-refractivity contribution in [3.63, 3.8) is 0 Å². The number of rotatable bonds is 7. The second-order valence-electron chi connectivity index (χ2n) is 6.87. The average molecular weight is 390 g/mol. The van der Waals surface area contributed by atoms with Gasteiger partial charge >= 0.3 is 6.01 Å². The molecule has 1 aliphatic rings. The smallest absolute Gasteiger partial charge is 0.316 e. The minimum Gasteiger partial charge on any atom is -0.459 e. The summed E-state index contributed by atoms with van der Waals surface area (Å²) in [5, 5.41) is 0. The Bertz CT molecular complexity index is 836. The highest BCUT2D eigenvalue weighted by atomic mass is 32.2. The third kappa shape index (κ3) is 4.84. The van der Waals surface area contributed by atoms with E-state index in [2.05, 4.69) is 16.9 Å². The van der Waals surface area contributed by atoms with E-state index in [0.29, 0.717) is 24.0 Å². The van der Waals surface area contributed by atoms with Crippen molar-refractivity contribution in [1.82, 2.24) is 14.3 Å². The minimum absolute atomic E-state index is 0.236. The van der Waals surface area contributed by atoms with Crippen molar-refractivity contribution in [2.24, 2.45) is 0 Å². The Hall–Kier alpha value is -1.99. The first kappa shape index (κ1) is 19.8. The van der Waals surface area contributed by atoms with Crippen LogP contribution >= 0.6 is 0 Å². The topological polar surface area (TPSA) is 72.4 Å². The maximum absolute atomic E-state index is 13.0. The molecule has 1 fully saturated rings. The summed E-state index contributed by atoms with van der Waals surface area (Å²) in [6, 6.07) is 7.52. The van der Waals surface area contributed by atoms with Crippen molar-refractivity contribution >= 4 is 10.0 Å². The summed E-state index contributed by atoms with van der Waals surface area (Å²) in [6.45, 7) is 4.97. The van der Waals surface area contributed by atoms with E-state index < -0.39 is 10.0 Å². The summed E-state index contributed by atoms with van der Waals surface area (Å²) >= 11 is 0. The average Bonchev–Trinajstić information content (AvgIpc) is 2.69. The minimum atomic E-state index is -3.52. The largest absolute Gasteiger partial charge is 0.459 e. The van der Waals surface area contributed by atoms with Gasteiger partial charge in [-0.15, -0.1) is 0 Å². The molecule has 0 spiro atoms. The van der Waals surface area contributed by atoms with Crippen molar-refractivity contribution < 1.29 is 13.2 Å². The van der Waals surface area contributed by atoms with Gasteiger partial charge in [0.25, 0.3) is 0 Å². The Labute approximate surface area is 161 Å². The van der Waals surface area contributed by atoms with Gasteiger partial charge in [0.1, 0.15) is 6.10 Å². The highest BCUT2D eigenvalue weighted by molar-refractivity contribution is 7.89. The molecule has 0 aliphatic carbocycles. The molecule has 0 saturated carbocycles. The van der Waals surface area contributed by atoms with Crippen molar-refractivity contribution in [2.75, 3.05) is 13.1 Å². The fourth-order valence-electron chi connectivity index (χ4n) is 3.22. The van der Waals surface area contributed by atoms with Gasteiger partial charge in [0.15, 0.2) is 0 Å². The third-order valence-electron chi connectivity index (χ3n) is 4.80. The van der Waals surface area contributed by atoms with Crippen molar-refractivity contribution in [2.45, 2.75) is 57.0 Å². The van der Waals surface area contributed by atoms with Gasteiger partial charge < -0.3 is 4.74 Å². The molecule has 7 heteroatoms. The Morgan fingerprint density at radius 3 is 2.44 bits per heavy atom. The maximum Gasteiger partial charge on any atom is 0.316 e. The van der Waals surface area contributed by atoms with Gasteiger partial charge in [0, 0.05) is 18.9 Å². The van der Waals surface area contributed by atoms with E-state index in [-0.39, 0.29) is 6.10 Å². The molecule has 0 bridgehead atoms. The molecule has 1 aromatic heterocycles. The molecule has 1 aromatic carbocycles. The van der Waals surface area contributed by atoms with Gasteiger partial charge in [0.2, 0.25) is 10.0 Å². The lowest BCUT2D eigenvalue weighted by molar-refractivity contribution is 0.119. The molecule has 0 N–H and O–H groups in total. The molecule has 1 unspecified atom stereocenters. The zero-order valence-corrected chi connectivity index (χ0v) is 16.8. The van der Waals surface area contributed by atoms with E-state index in [1.165, 1.54) is 4.31 Å². The highest BCUT2D eigenvalue weighted by Crippen LogP contribution is 2.23. The van der Waals surface area contributed by atoms with Crippen LogP contribution in [0.1, 0.15) is 44.2 Å². The molecule has 3 rings (SSSR count). The first-order valence-corrected chi connectivity index (χ1v) is 11.0. The van der Waals surface area contributed by atoms with Crippen molar-refractivity contribution in [1.29, 1.82) is 0 Å². The molecular weight excluding hydrogens is 362 g/mol. The number of aryl methyl sites for hydroxylation is 2. The molecule has 2 heterocycles. The van der Waals surface area contributed by atoms with Crippen LogP contribution in [0.4, 0.5) is 0 Å². The summed E-state index contributed by atoms with van der Waals surface area (Å²) in [6.07, 6.45) is 7.67. The molecule has 1 saturated heterocycles. The lowest BCUT2D eigenvalue weighted by Gasteiger charge is -2.31. The molecule has 0 amide bonds. The molecular formula is C20H27N3O3S. The predicted octanol–water partition coefficient (Wildman–Crippen LogP) is 3.22. The number of hydrogen-bond donors (Lipinski definition) is 0. The predicted molar refractivity (Wildman–Crippen MR) is 104 cm³/mol. The monoisotopic (exact) mass is 389 g/mol. The fourth-order valence-corrected chi connectivity index (χ4v) is 4.73. The van der Waals surface area contributed by atoms with Crippen LogP contribution in [0.3, 0.4) is 0 Å². The number of piperidine rings is 1. The van der Waals surface area contributed by atoms with Crippen LogP contribution in [0.5, 0.6) is 6.01 Å². The normalized spacial score (nSPS) is 18.4. The maximum atomic E-state index is 13.0. The van der Waals surface area contributed by atoms with E-state index >= 15 is 0 Å². The van der Waals surface area contributed by atoms with E-state index in [0.717, 1.165) is 43.2 Å². The van der Waals surface area contributed by atoms with Gasteiger partial charge in [-0.05, 0) is 48.9 Å². The Morgan fingerprint density at radius 2 is 1.81 bits per heavy atom. The lowest BCUT2D eigenvalue weighted by Crippen LogP contribution is -2.44. The second kappa shape index (κ2) is 8.80. The molecule has 1 aliphatic heterocycles. The third-order valence-corrected chi connectivity index (χ3v) is 6.68. The second-order valence-corrected chi connectivity index (χ2v) is 8.80. The standard InChI is InChI=1S/C20H27N3O3S/c1-3-6-17-8-10-19(11-9-17)27(24,25)23-12-5-7-18(15-23)26-20-21-13-16(4-2)14-22-20/h8-11,13-14,18H,3-7,12,15H2,1-2H3. The number of aromatic nitrogens is 2. The molecule has 27 heavy (non-hydrogen) atoms. The summed E-state index contributed by atoms with van der Waals surface area (Å²) in [7, 11) is -3.52.